The molecule has 7 nitrogen and oxygen atoms in total. The van der Waals surface area contributed by atoms with Crippen molar-refractivity contribution in [2.24, 2.45) is 11.7 Å². The van der Waals surface area contributed by atoms with E-state index in [0.717, 1.165) is 0 Å². The summed E-state index contributed by atoms with van der Waals surface area (Å²) >= 11 is 0. The maximum atomic E-state index is 11.6. The summed E-state index contributed by atoms with van der Waals surface area (Å²) in [5.41, 5.74) is 5.08. The normalized spacial score (nSPS) is 13.9. The van der Waals surface area contributed by atoms with Gasteiger partial charge < -0.3 is 21.5 Å². The second-order valence-corrected chi connectivity index (χ2v) is 4.06. The van der Waals surface area contributed by atoms with Crippen molar-refractivity contribution in [3.05, 3.63) is 0 Å². The van der Waals surface area contributed by atoms with Gasteiger partial charge in [0.1, 0.15) is 12.1 Å². The van der Waals surface area contributed by atoms with Crippen LogP contribution in [0, 0.1) is 5.92 Å². The van der Waals surface area contributed by atoms with Gasteiger partial charge in [0.05, 0.1) is 6.54 Å². The van der Waals surface area contributed by atoms with E-state index in [1.165, 1.54) is 6.92 Å². The molecule has 17 heavy (non-hydrogen) atoms. The van der Waals surface area contributed by atoms with Crippen LogP contribution >= 0.6 is 0 Å². The smallest absolute Gasteiger partial charge is 0.326 e. The van der Waals surface area contributed by atoms with E-state index in [0.29, 0.717) is 0 Å². The van der Waals surface area contributed by atoms with Crippen LogP contribution in [0.5, 0.6) is 0 Å². The van der Waals surface area contributed by atoms with E-state index < -0.39 is 29.9 Å². The first-order valence-corrected chi connectivity index (χ1v) is 5.32. The van der Waals surface area contributed by atoms with Gasteiger partial charge in [0.25, 0.3) is 0 Å². The molecule has 0 heterocycles. The number of carboxylic acids is 1. The molecule has 0 spiro atoms. The highest BCUT2D eigenvalue weighted by molar-refractivity contribution is 5.90. The van der Waals surface area contributed by atoms with Gasteiger partial charge in [-0.25, -0.2) is 4.79 Å². The number of aliphatic carboxylic acids is 1. The van der Waals surface area contributed by atoms with Gasteiger partial charge in [-0.05, 0) is 12.8 Å². The molecule has 98 valence electrons. The molecule has 2 atom stereocenters. The highest BCUT2D eigenvalue weighted by atomic mass is 16.4. The first-order valence-electron chi connectivity index (χ1n) is 5.32. The quantitative estimate of drug-likeness (QED) is 0.462. The molecule has 0 fully saturated rings. The molecule has 7 heteroatoms. The Morgan fingerprint density at radius 1 is 1.18 bits per heavy atom. The number of rotatable bonds is 6. The van der Waals surface area contributed by atoms with E-state index in [9.17, 15) is 14.4 Å². The van der Waals surface area contributed by atoms with Crippen LogP contribution in [-0.2, 0) is 14.4 Å². The Kier molecular flexibility index (Phi) is 6.19. The molecule has 5 N–H and O–H groups in total. The van der Waals surface area contributed by atoms with Gasteiger partial charge >= 0.3 is 5.97 Å². The molecule has 0 radical (unpaired) electrons. The van der Waals surface area contributed by atoms with E-state index in [4.69, 9.17) is 10.8 Å². The minimum atomic E-state index is -1.11. The molecule has 0 aromatic heterocycles. The summed E-state index contributed by atoms with van der Waals surface area (Å²) in [4.78, 5) is 33.4. The maximum Gasteiger partial charge on any atom is 0.326 e. The van der Waals surface area contributed by atoms with Gasteiger partial charge in [0.2, 0.25) is 11.8 Å². The zero-order chi connectivity index (χ0) is 13.6. The molecule has 2 amide bonds. The predicted molar refractivity (Wildman–Crippen MR) is 61.1 cm³/mol. The predicted octanol–water partition coefficient (Wildman–Crippen LogP) is -1.32. The number of amides is 2. The van der Waals surface area contributed by atoms with Crippen molar-refractivity contribution in [2.75, 3.05) is 6.54 Å². The van der Waals surface area contributed by atoms with Crippen molar-refractivity contribution in [2.45, 2.75) is 32.9 Å². The molecule has 0 saturated carbocycles. The van der Waals surface area contributed by atoms with E-state index in [1.807, 2.05) is 0 Å². The van der Waals surface area contributed by atoms with Crippen LogP contribution in [0.3, 0.4) is 0 Å². The van der Waals surface area contributed by atoms with Crippen LogP contribution < -0.4 is 16.4 Å². The van der Waals surface area contributed by atoms with Crippen LogP contribution in [-0.4, -0.2) is 41.5 Å². The number of nitrogens with two attached hydrogens (primary N) is 1. The van der Waals surface area contributed by atoms with Gasteiger partial charge in [-0.1, -0.05) is 13.8 Å². The molecule has 0 saturated heterocycles. The fourth-order valence-electron chi connectivity index (χ4n) is 1.16. The van der Waals surface area contributed by atoms with E-state index in [1.54, 1.807) is 13.8 Å². The van der Waals surface area contributed by atoms with Crippen molar-refractivity contribution in [1.29, 1.82) is 0 Å². The number of carbonyl (C=O) groups is 3. The van der Waals surface area contributed by atoms with E-state index in [2.05, 4.69) is 10.6 Å². The first kappa shape index (κ1) is 15.4. The summed E-state index contributed by atoms with van der Waals surface area (Å²) in [6, 6.07) is -1.79. The molecule has 0 aliphatic carbocycles. The van der Waals surface area contributed by atoms with Crippen LogP contribution in [0.25, 0.3) is 0 Å². The Morgan fingerprint density at radius 3 is 2.06 bits per heavy atom. The first-order chi connectivity index (χ1) is 7.79. The second kappa shape index (κ2) is 6.85. The van der Waals surface area contributed by atoms with Gasteiger partial charge in [0, 0.05) is 0 Å². The summed E-state index contributed by atoms with van der Waals surface area (Å²) in [6.07, 6.45) is 0. The number of hydrogen-bond donors (Lipinski definition) is 4. The van der Waals surface area contributed by atoms with Gasteiger partial charge in [-0.2, -0.15) is 0 Å². The summed E-state index contributed by atoms with van der Waals surface area (Å²) in [6.45, 7) is 4.61. The van der Waals surface area contributed by atoms with Crippen molar-refractivity contribution >= 4 is 17.8 Å². The lowest BCUT2D eigenvalue weighted by Gasteiger charge is -2.20. The Hall–Kier alpha value is -1.63. The standard InChI is InChI=1S/C10H19N3O4/c1-5(2)8(10(16)17)13-9(15)6(3)12-7(14)4-11/h5-6,8H,4,11H2,1-3H3,(H,12,14)(H,13,15)(H,16,17). The molecule has 0 bridgehead atoms. The third-order valence-corrected chi connectivity index (χ3v) is 2.19. The summed E-state index contributed by atoms with van der Waals surface area (Å²) in [7, 11) is 0. The summed E-state index contributed by atoms with van der Waals surface area (Å²) in [5.74, 6) is -2.36. The molecule has 2 unspecified atom stereocenters. The highest BCUT2D eigenvalue weighted by Gasteiger charge is 2.25. The van der Waals surface area contributed by atoms with Crippen LogP contribution in [0.4, 0.5) is 0 Å². The van der Waals surface area contributed by atoms with Gasteiger partial charge in [-0.3, -0.25) is 9.59 Å². The second-order valence-electron chi connectivity index (χ2n) is 4.06. The fraction of sp³-hybridized carbons (Fsp3) is 0.700. The van der Waals surface area contributed by atoms with Gasteiger partial charge in [0.15, 0.2) is 0 Å². The summed E-state index contributed by atoms with van der Waals surface area (Å²) in [5, 5.41) is 13.6. The number of carboxylic acid groups (broad SMARTS) is 1. The van der Waals surface area contributed by atoms with E-state index in [-0.39, 0.29) is 12.5 Å². The monoisotopic (exact) mass is 245 g/mol. The largest absolute Gasteiger partial charge is 0.480 e. The Morgan fingerprint density at radius 2 is 1.71 bits per heavy atom. The van der Waals surface area contributed by atoms with Crippen molar-refractivity contribution in [3.63, 3.8) is 0 Å². The van der Waals surface area contributed by atoms with Crippen molar-refractivity contribution in [3.8, 4) is 0 Å². The average Bonchev–Trinajstić information content (AvgIpc) is 2.23. The Bertz CT molecular complexity index is 304. The average molecular weight is 245 g/mol. The van der Waals surface area contributed by atoms with Crippen molar-refractivity contribution in [1.82, 2.24) is 10.6 Å². The Labute approximate surface area is 99.7 Å². The van der Waals surface area contributed by atoms with E-state index >= 15 is 0 Å². The number of carbonyl (C=O) groups excluding carboxylic acids is 2. The minimum absolute atomic E-state index is 0.218. The highest BCUT2D eigenvalue weighted by Crippen LogP contribution is 2.02. The molecule has 0 aromatic carbocycles. The van der Waals surface area contributed by atoms with Crippen molar-refractivity contribution < 1.29 is 19.5 Å². The van der Waals surface area contributed by atoms with Gasteiger partial charge in [-0.15, -0.1) is 0 Å². The van der Waals surface area contributed by atoms with Crippen LogP contribution in [0.2, 0.25) is 0 Å². The lowest BCUT2D eigenvalue weighted by atomic mass is 10.0. The Balaban J connectivity index is 4.41. The molecule has 0 aromatic rings. The minimum Gasteiger partial charge on any atom is -0.480 e. The zero-order valence-electron chi connectivity index (χ0n) is 10.2. The third-order valence-electron chi connectivity index (χ3n) is 2.19. The number of nitrogens with one attached hydrogen (secondary N) is 2. The SMILES string of the molecule is CC(NC(=O)CN)C(=O)NC(C(=O)O)C(C)C. The maximum absolute atomic E-state index is 11.6. The molecular formula is C10H19N3O4. The number of hydrogen-bond acceptors (Lipinski definition) is 4. The lowest BCUT2D eigenvalue weighted by molar-refractivity contribution is -0.143. The molecule has 0 aliphatic rings. The lowest BCUT2D eigenvalue weighted by Crippen LogP contribution is -2.52. The molecule has 0 rings (SSSR count). The van der Waals surface area contributed by atoms with Crippen LogP contribution in [0.1, 0.15) is 20.8 Å². The fourth-order valence-corrected chi connectivity index (χ4v) is 1.16. The third kappa shape index (κ3) is 5.30. The molecular weight excluding hydrogens is 226 g/mol. The topological polar surface area (TPSA) is 122 Å². The molecule has 0 aliphatic heterocycles. The zero-order valence-corrected chi connectivity index (χ0v) is 10.2. The van der Waals surface area contributed by atoms with Crippen LogP contribution in [0.15, 0.2) is 0 Å². The summed E-state index contributed by atoms with van der Waals surface area (Å²) < 4.78 is 0.